The van der Waals surface area contributed by atoms with Crippen molar-refractivity contribution in [2.24, 2.45) is 0 Å². The fraction of sp³-hybridized carbons (Fsp3) is 0.333. The van der Waals surface area contributed by atoms with E-state index in [2.05, 4.69) is 39.3 Å². The molecular weight excluding hydrogens is 580 g/mol. The molecule has 0 aliphatic rings. The number of ether oxygens (including phenoxy) is 2. The highest BCUT2D eigenvalue weighted by molar-refractivity contribution is 6.06. The van der Waals surface area contributed by atoms with Crippen molar-refractivity contribution < 1.29 is 19.1 Å². The van der Waals surface area contributed by atoms with Gasteiger partial charge in [0.15, 0.2) is 11.5 Å². The Labute approximate surface area is 271 Å². The van der Waals surface area contributed by atoms with Crippen LogP contribution in [-0.2, 0) is 0 Å². The summed E-state index contributed by atoms with van der Waals surface area (Å²) in [5, 5.41) is 6.16. The van der Waals surface area contributed by atoms with Crippen LogP contribution in [0.15, 0.2) is 72.9 Å². The molecule has 10 nitrogen and oxygen atoms in total. The average molecular weight is 625 g/mol. The predicted molar refractivity (Wildman–Crippen MR) is 183 cm³/mol. The van der Waals surface area contributed by atoms with Gasteiger partial charge < -0.3 is 29.9 Å². The summed E-state index contributed by atoms with van der Waals surface area (Å²) in [5.41, 5.74) is 4.01. The van der Waals surface area contributed by atoms with Gasteiger partial charge in [-0.2, -0.15) is 4.98 Å². The first-order chi connectivity index (χ1) is 22.2. The normalized spacial score (nSPS) is 10.8. The molecule has 2 amide bonds. The molecule has 0 saturated carbocycles. The van der Waals surface area contributed by atoms with Gasteiger partial charge in [0, 0.05) is 43.3 Å². The quantitative estimate of drug-likeness (QED) is 0.144. The van der Waals surface area contributed by atoms with Crippen molar-refractivity contribution in [3.63, 3.8) is 0 Å². The van der Waals surface area contributed by atoms with E-state index in [0.29, 0.717) is 35.9 Å². The van der Waals surface area contributed by atoms with Crippen molar-refractivity contribution >= 4 is 29.1 Å². The first-order valence-electron chi connectivity index (χ1n) is 15.7. The van der Waals surface area contributed by atoms with E-state index in [9.17, 15) is 9.59 Å². The SMILES string of the molecule is CCCOc1ccccc1Oc1nc(Nc2ccc(C(=O)N(C)CCN(CC)CC)cc2)ncc1C(=O)Nc1c(C)cccc1C. The van der Waals surface area contributed by atoms with Gasteiger partial charge in [-0.15, -0.1) is 0 Å². The van der Waals surface area contributed by atoms with E-state index in [1.54, 1.807) is 35.2 Å². The van der Waals surface area contributed by atoms with Crippen LogP contribution in [0.3, 0.4) is 0 Å². The molecule has 0 unspecified atom stereocenters. The number of aryl methyl sites for hydroxylation is 2. The summed E-state index contributed by atoms with van der Waals surface area (Å²) in [6.07, 6.45) is 2.27. The van der Waals surface area contributed by atoms with Gasteiger partial charge in [-0.3, -0.25) is 9.59 Å². The number of carbonyl (C=O) groups excluding carboxylic acids is 2. The molecule has 4 aromatic rings. The van der Waals surface area contributed by atoms with Crippen molar-refractivity contribution in [2.75, 3.05) is 50.5 Å². The van der Waals surface area contributed by atoms with E-state index < -0.39 is 5.91 Å². The summed E-state index contributed by atoms with van der Waals surface area (Å²) < 4.78 is 12.1. The molecule has 10 heteroatoms. The monoisotopic (exact) mass is 624 g/mol. The Kier molecular flexibility index (Phi) is 12.1. The number of amides is 2. The molecule has 0 spiro atoms. The number of hydrogen-bond acceptors (Lipinski definition) is 8. The Morgan fingerprint density at radius 3 is 2.17 bits per heavy atom. The Bertz CT molecular complexity index is 1600. The number of aromatic nitrogens is 2. The minimum absolute atomic E-state index is 0.0474. The number of nitrogens with one attached hydrogen (secondary N) is 2. The van der Waals surface area contributed by atoms with Crippen molar-refractivity contribution in [1.29, 1.82) is 0 Å². The second-order valence-corrected chi connectivity index (χ2v) is 11.0. The van der Waals surface area contributed by atoms with Crippen molar-refractivity contribution in [3.05, 3.63) is 95.2 Å². The van der Waals surface area contributed by atoms with Crippen LogP contribution in [0.1, 0.15) is 59.0 Å². The van der Waals surface area contributed by atoms with E-state index in [1.807, 2.05) is 64.2 Å². The summed E-state index contributed by atoms with van der Waals surface area (Å²) in [6.45, 7) is 14.0. The Morgan fingerprint density at radius 2 is 1.52 bits per heavy atom. The van der Waals surface area contributed by atoms with Gasteiger partial charge in [-0.1, -0.05) is 51.1 Å². The summed E-state index contributed by atoms with van der Waals surface area (Å²) in [7, 11) is 1.82. The highest BCUT2D eigenvalue weighted by atomic mass is 16.5. The van der Waals surface area contributed by atoms with Gasteiger partial charge in [-0.25, -0.2) is 4.98 Å². The molecule has 1 heterocycles. The minimum Gasteiger partial charge on any atom is -0.490 e. The summed E-state index contributed by atoms with van der Waals surface area (Å²) >= 11 is 0. The second-order valence-electron chi connectivity index (χ2n) is 11.0. The van der Waals surface area contributed by atoms with Gasteiger partial charge in [0.05, 0.1) is 6.61 Å². The molecule has 0 aliphatic heterocycles. The third kappa shape index (κ3) is 8.82. The molecule has 4 rings (SSSR count). The number of rotatable bonds is 15. The van der Waals surface area contributed by atoms with Crippen LogP contribution in [0.4, 0.5) is 17.3 Å². The Balaban J connectivity index is 1.57. The third-order valence-corrected chi connectivity index (χ3v) is 7.62. The Hall–Kier alpha value is -4.96. The molecule has 0 aliphatic carbocycles. The van der Waals surface area contributed by atoms with E-state index in [0.717, 1.165) is 42.9 Å². The summed E-state index contributed by atoms with van der Waals surface area (Å²) in [6, 6.07) is 20.2. The van der Waals surface area contributed by atoms with Crippen LogP contribution >= 0.6 is 0 Å². The summed E-state index contributed by atoms with van der Waals surface area (Å²) in [5.74, 6) is 0.805. The highest BCUT2D eigenvalue weighted by Crippen LogP contribution is 2.33. The standard InChI is InChI=1S/C36H44N6O4/c1-7-23-45-30-15-10-11-16-31(30)46-34-29(33(43)39-32-25(4)13-12-14-26(32)5)24-37-36(40-34)38-28-19-17-27(18-20-28)35(44)41(6)21-22-42(8-2)9-3/h10-20,24H,7-9,21-23H2,1-6H3,(H,39,43)(H,37,38,40). The first kappa shape index (κ1) is 33.9. The van der Waals surface area contributed by atoms with Gasteiger partial charge in [0.1, 0.15) is 5.56 Å². The molecule has 3 aromatic carbocycles. The van der Waals surface area contributed by atoms with E-state index >= 15 is 0 Å². The van der Waals surface area contributed by atoms with Crippen LogP contribution < -0.4 is 20.1 Å². The molecule has 0 radical (unpaired) electrons. The topological polar surface area (TPSA) is 109 Å². The van der Waals surface area contributed by atoms with Gasteiger partial charge in [-0.05, 0) is 80.9 Å². The number of nitrogens with zero attached hydrogens (tertiary/aromatic N) is 4. The van der Waals surface area contributed by atoms with Crippen LogP contribution in [0.5, 0.6) is 17.4 Å². The summed E-state index contributed by atoms with van der Waals surface area (Å²) in [4.78, 5) is 39.6. The smallest absolute Gasteiger partial charge is 0.262 e. The molecular formula is C36H44N6O4. The predicted octanol–water partition coefficient (Wildman–Crippen LogP) is 7.08. The van der Waals surface area contributed by atoms with Gasteiger partial charge >= 0.3 is 0 Å². The van der Waals surface area contributed by atoms with E-state index in [1.165, 1.54) is 6.20 Å². The number of likely N-dealkylation sites (N-methyl/N-ethyl adjacent to an activating group) is 2. The molecule has 0 atom stereocenters. The minimum atomic E-state index is -0.404. The highest BCUT2D eigenvalue weighted by Gasteiger charge is 2.20. The zero-order valence-corrected chi connectivity index (χ0v) is 27.6. The molecule has 2 N–H and O–H groups in total. The maximum atomic E-state index is 13.6. The first-order valence-corrected chi connectivity index (χ1v) is 15.7. The molecule has 1 aromatic heterocycles. The van der Waals surface area contributed by atoms with Gasteiger partial charge in [0.2, 0.25) is 11.8 Å². The van der Waals surface area contributed by atoms with E-state index in [4.69, 9.17) is 9.47 Å². The number of hydrogen-bond donors (Lipinski definition) is 2. The number of anilines is 3. The van der Waals surface area contributed by atoms with Crippen LogP contribution in [0.25, 0.3) is 0 Å². The molecule has 242 valence electrons. The lowest BCUT2D eigenvalue weighted by molar-refractivity contribution is 0.0779. The number of para-hydroxylation sites is 3. The number of benzene rings is 3. The molecule has 0 saturated heterocycles. The Morgan fingerprint density at radius 1 is 0.848 bits per heavy atom. The lowest BCUT2D eigenvalue weighted by Crippen LogP contribution is -2.36. The zero-order chi connectivity index (χ0) is 33.1. The van der Waals surface area contributed by atoms with Crippen molar-refractivity contribution in [2.45, 2.75) is 41.0 Å². The van der Waals surface area contributed by atoms with E-state index in [-0.39, 0.29) is 23.3 Å². The fourth-order valence-electron chi connectivity index (χ4n) is 4.80. The number of carbonyl (C=O) groups is 2. The molecule has 0 bridgehead atoms. The third-order valence-electron chi connectivity index (χ3n) is 7.62. The maximum Gasteiger partial charge on any atom is 0.262 e. The largest absolute Gasteiger partial charge is 0.490 e. The van der Waals surface area contributed by atoms with Crippen LogP contribution in [0, 0.1) is 13.8 Å². The fourth-order valence-corrected chi connectivity index (χ4v) is 4.80. The van der Waals surface area contributed by atoms with Crippen molar-refractivity contribution in [3.8, 4) is 17.4 Å². The second kappa shape index (κ2) is 16.4. The lowest BCUT2D eigenvalue weighted by Gasteiger charge is -2.23. The van der Waals surface area contributed by atoms with Crippen LogP contribution in [-0.4, -0.2) is 71.4 Å². The lowest BCUT2D eigenvalue weighted by atomic mass is 10.1. The van der Waals surface area contributed by atoms with Gasteiger partial charge in [0.25, 0.3) is 11.8 Å². The average Bonchev–Trinajstić information content (AvgIpc) is 3.06. The maximum absolute atomic E-state index is 13.6. The van der Waals surface area contributed by atoms with Crippen LogP contribution in [0.2, 0.25) is 0 Å². The molecule has 46 heavy (non-hydrogen) atoms. The zero-order valence-electron chi connectivity index (χ0n) is 27.6. The molecule has 0 fully saturated rings. The van der Waals surface area contributed by atoms with Crippen molar-refractivity contribution in [1.82, 2.24) is 19.8 Å².